The van der Waals surface area contributed by atoms with Crippen molar-refractivity contribution in [1.29, 1.82) is 0 Å². The number of carbonyl (C=O) groups excluding carboxylic acids is 1. The van der Waals surface area contributed by atoms with Gasteiger partial charge in [0.1, 0.15) is 0 Å². The van der Waals surface area contributed by atoms with Crippen LogP contribution in [0.3, 0.4) is 0 Å². The summed E-state index contributed by atoms with van der Waals surface area (Å²) in [7, 11) is 1.64. The van der Waals surface area contributed by atoms with E-state index in [4.69, 9.17) is 9.47 Å². The number of esters is 1. The molecule has 0 aliphatic rings. The quantitative estimate of drug-likeness (QED) is 0.598. The summed E-state index contributed by atoms with van der Waals surface area (Å²) >= 11 is 0. The lowest BCUT2D eigenvalue weighted by Gasteiger charge is -2.25. The minimum Gasteiger partial charge on any atom is -0.466 e. The fourth-order valence-electron chi connectivity index (χ4n) is 1.06. The highest BCUT2D eigenvalue weighted by atomic mass is 16.5. The third-order valence-electron chi connectivity index (χ3n) is 2.41. The van der Waals surface area contributed by atoms with Crippen molar-refractivity contribution in [3.63, 3.8) is 0 Å². The van der Waals surface area contributed by atoms with Gasteiger partial charge in [0.25, 0.3) is 0 Å². The summed E-state index contributed by atoms with van der Waals surface area (Å²) in [6.07, 6.45) is 1.51. The monoisotopic (exact) mass is 188 g/mol. The second-order valence-electron chi connectivity index (χ2n) is 3.38. The van der Waals surface area contributed by atoms with Crippen molar-refractivity contribution in [2.75, 3.05) is 20.3 Å². The van der Waals surface area contributed by atoms with Gasteiger partial charge in [-0.1, -0.05) is 6.92 Å². The lowest BCUT2D eigenvalue weighted by molar-refractivity contribution is -0.155. The smallest absolute Gasteiger partial charge is 0.311 e. The van der Waals surface area contributed by atoms with Gasteiger partial charge in [0, 0.05) is 13.7 Å². The van der Waals surface area contributed by atoms with Crippen LogP contribution in [0.1, 0.15) is 33.6 Å². The summed E-state index contributed by atoms with van der Waals surface area (Å²) in [5.41, 5.74) is -0.383. The summed E-state index contributed by atoms with van der Waals surface area (Å²) in [5.74, 6) is -0.116. The van der Waals surface area contributed by atoms with Crippen molar-refractivity contribution in [2.24, 2.45) is 5.41 Å². The van der Waals surface area contributed by atoms with Gasteiger partial charge in [0.15, 0.2) is 0 Å². The fraction of sp³-hybridized carbons (Fsp3) is 0.900. The van der Waals surface area contributed by atoms with Crippen LogP contribution in [0.5, 0.6) is 0 Å². The number of hydrogen-bond donors (Lipinski definition) is 0. The Labute approximate surface area is 80.4 Å². The first-order chi connectivity index (χ1) is 6.10. The molecule has 0 aliphatic carbocycles. The maximum Gasteiger partial charge on any atom is 0.311 e. The van der Waals surface area contributed by atoms with E-state index in [1.807, 2.05) is 20.8 Å². The third kappa shape index (κ3) is 3.77. The van der Waals surface area contributed by atoms with E-state index in [2.05, 4.69) is 0 Å². The van der Waals surface area contributed by atoms with Gasteiger partial charge in [-0.05, 0) is 26.7 Å². The molecule has 0 aromatic heterocycles. The van der Waals surface area contributed by atoms with Crippen LogP contribution in [-0.4, -0.2) is 26.3 Å². The second kappa shape index (κ2) is 5.97. The normalized spacial score (nSPS) is 15.1. The summed E-state index contributed by atoms with van der Waals surface area (Å²) in [6.45, 7) is 6.78. The van der Waals surface area contributed by atoms with E-state index in [1.54, 1.807) is 7.11 Å². The molecule has 0 amide bonds. The summed E-state index contributed by atoms with van der Waals surface area (Å²) in [4.78, 5) is 11.5. The molecule has 0 aromatic carbocycles. The van der Waals surface area contributed by atoms with Crippen LogP contribution in [0.15, 0.2) is 0 Å². The number of carbonyl (C=O) groups is 1. The average molecular weight is 188 g/mol. The van der Waals surface area contributed by atoms with Crippen LogP contribution < -0.4 is 0 Å². The molecule has 0 aliphatic heterocycles. The molecule has 1 unspecified atom stereocenters. The number of ether oxygens (including phenoxy) is 2. The summed E-state index contributed by atoms with van der Waals surface area (Å²) in [6, 6.07) is 0. The third-order valence-corrected chi connectivity index (χ3v) is 2.41. The number of methoxy groups -OCH3 is 1. The SMILES string of the molecule is CCOC(=O)C(C)(CC)CCOC. The zero-order chi connectivity index (χ0) is 10.3. The van der Waals surface area contributed by atoms with Gasteiger partial charge < -0.3 is 9.47 Å². The van der Waals surface area contributed by atoms with Gasteiger partial charge in [0.2, 0.25) is 0 Å². The van der Waals surface area contributed by atoms with Gasteiger partial charge in [-0.25, -0.2) is 0 Å². The summed E-state index contributed by atoms with van der Waals surface area (Å²) < 4.78 is 9.96. The predicted molar refractivity (Wildman–Crippen MR) is 51.5 cm³/mol. The molecule has 13 heavy (non-hydrogen) atoms. The molecular weight excluding hydrogens is 168 g/mol. The molecule has 1 atom stereocenters. The lowest BCUT2D eigenvalue weighted by Crippen LogP contribution is -2.30. The van der Waals surface area contributed by atoms with Gasteiger partial charge in [-0.15, -0.1) is 0 Å². The second-order valence-corrected chi connectivity index (χ2v) is 3.38. The highest BCUT2D eigenvalue weighted by molar-refractivity contribution is 5.76. The van der Waals surface area contributed by atoms with E-state index < -0.39 is 0 Å². The van der Waals surface area contributed by atoms with Crippen molar-refractivity contribution in [3.8, 4) is 0 Å². The van der Waals surface area contributed by atoms with E-state index in [0.29, 0.717) is 13.2 Å². The Morgan fingerprint density at radius 2 is 2.00 bits per heavy atom. The maximum atomic E-state index is 11.5. The van der Waals surface area contributed by atoms with Crippen LogP contribution in [0.2, 0.25) is 0 Å². The van der Waals surface area contributed by atoms with Crippen molar-refractivity contribution in [2.45, 2.75) is 33.6 Å². The van der Waals surface area contributed by atoms with Gasteiger partial charge in [-0.2, -0.15) is 0 Å². The lowest BCUT2D eigenvalue weighted by atomic mass is 9.84. The number of rotatable bonds is 6. The summed E-state index contributed by atoms with van der Waals surface area (Å²) in [5, 5.41) is 0. The molecule has 0 radical (unpaired) electrons. The maximum absolute atomic E-state index is 11.5. The minimum atomic E-state index is -0.383. The molecule has 0 heterocycles. The van der Waals surface area contributed by atoms with E-state index in [1.165, 1.54) is 0 Å². The molecule has 0 aromatic rings. The zero-order valence-corrected chi connectivity index (χ0v) is 9.05. The Morgan fingerprint density at radius 3 is 2.38 bits per heavy atom. The standard InChI is InChI=1S/C10H20O3/c1-5-10(3,7-8-12-4)9(11)13-6-2/h5-8H2,1-4H3. The van der Waals surface area contributed by atoms with Crippen molar-refractivity contribution >= 4 is 5.97 Å². The molecule has 0 fully saturated rings. The van der Waals surface area contributed by atoms with Gasteiger partial charge in [0.05, 0.1) is 12.0 Å². The molecule has 0 saturated heterocycles. The molecule has 0 spiro atoms. The van der Waals surface area contributed by atoms with Gasteiger partial charge in [-0.3, -0.25) is 4.79 Å². The van der Waals surface area contributed by atoms with E-state index in [9.17, 15) is 4.79 Å². The van der Waals surface area contributed by atoms with Crippen LogP contribution in [0.4, 0.5) is 0 Å². The molecule has 78 valence electrons. The first kappa shape index (κ1) is 12.4. The first-order valence-corrected chi connectivity index (χ1v) is 4.77. The predicted octanol–water partition coefficient (Wildman–Crippen LogP) is 2.00. The van der Waals surface area contributed by atoms with Crippen LogP contribution in [0, 0.1) is 5.41 Å². The Bertz CT molecular complexity index is 156. The molecule has 0 N–H and O–H groups in total. The highest BCUT2D eigenvalue weighted by Gasteiger charge is 2.32. The van der Waals surface area contributed by atoms with Crippen LogP contribution >= 0.6 is 0 Å². The largest absolute Gasteiger partial charge is 0.466 e. The molecular formula is C10H20O3. The van der Waals surface area contributed by atoms with Crippen molar-refractivity contribution in [3.05, 3.63) is 0 Å². The van der Waals surface area contributed by atoms with Gasteiger partial charge >= 0.3 is 5.97 Å². The Balaban J connectivity index is 4.16. The molecule has 0 bridgehead atoms. The Kier molecular flexibility index (Phi) is 5.71. The number of hydrogen-bond acceptors (Lipinski definition) is 3. The van der Waals surface area contributed by atoms with Crippen molar-refractivity contribution < 1.29 is 14.3 Å². The molecule has 3 heteroatoms. The Hall–Kier alpha value is -0.570. The molecule has 0 saturated carbocycles. The topological polar surface area (TPSA) is 35.5 Å². The first-order valence-electron chi connectivity index (χ1n) is 4.77. The molecule has 0 rings (SSSR count). The minimum absolute atomic E-state index is 0.116. The van der Waals surface area contributed by atoms with Crippen LogP contribution in [0.25, 0.3) is 0 Å². The van der Waals surface area contributed by atoms with E-state index in [-0.39, 0.29) is 11.4 Å². The Morgan fingerprint density at radius 1 is 1.38 bits per heavy atom. The van der Waals surface area contributed by atoms with Crippen molar-refractivity contribution in [1.82, 2.24) is 0 Å². The van der Waals surface area contributed by atoms with E-state index in [0.717, 1.165) is 12.8 Å². The average Bonchev–Trinajstić information content (AvgIpc) is 2.14. The highest BCUT2D eigenvalue weighted by Crippen LogP contribution is 2.27. The zero-order valence-electron chi connectivity index (χ0n) is 9.05. The molecule has 3 nitrogen and oxygen atoms in total. The van der Waals surface area contributed by atoms with Crippen LogP contribution in [-0.2, 0) is 14.3 Å². The van der Waals surface area contributed by atoms with E-state index >= 15 is 0 Å². The fourth-order valence-corrected chi connectivity index (χ4v) is 1.06.